The van der Waals surface area contributed by atoms with E-state index in [0.717, 1.165) is 30.8 Å². The second kappa shape index (κ2) is 7.74. The van der Waals surface area contributed by atoms with Crippen LogP contribution < -0.4 is 5.32 Å². The summed E-state index contributed by atoms with van der Waals surface area (Å²) in [5, 5.41) is 13.0. The van der Waals surface area contributed by atoms with Gasteiger partial charge in [0.1, 0.15) is 22.5 Å². The molecule has 25 heavy (non-hydrogen) atoms. The normalized spacial score (nSPS) is 24.4. The van der Waals surface area contributed by atoms with Crippen LogP contribution in [0.15, 0.2) is 5.03 Å². The zero-order chi connectivity index (χ0) is 18.0. The quantitative estimate of drug-likeness (QED) is 0.641. The van der Waals surface area contributed by atoms with Crippen LogP contribution in [0, 0.1) is 24.2 Å². The van der Waals surface area contributed by atoms with Crippen molar-refractivity contribution < 1.29 is 4.79 Å². The molecule has 0 aromatic carbocycles. The number of nitrogens with zero attached hydrogens (tertiary/aromatic N) is 3. The van der Waals surface area contributed by atoms with Crippen LogP contribution in [0.5, 0.6) is 0 Å². The number of amides is 1. The van der Waals surface area contributed by atoms with Gasteiger partial charge < -0.3 is 5.32 Å². The molecule has 0 bridgehead atoms. The third-order valence-electron chi connectivity index (χ3n) is 5.23. The third kappa shape index (κ3) is 4.33. The monoisotopic (exact) mass is 358 g/mol. The highest BCUT2D eigenvalue weighted by Gasteiger charge is 2.30. The average Bonchev–Trinajstić information content (AvgIpc) is 3.41. The number of aryl methyl sites for hydroxylation is 1. The molecule has 1 aromatic heterocycles. The van der Waals surface area contributed by atoms with Gasteiger partial charge in [-0.2, -0.15) is 5.26 Å². The van der Waals surface area contributed by atoms with Crippen molar-refractivity contribution in [2.45, 2.75) is 81.5 Å². The van der Waals surface area contributed by atoms with E-state index < -0.39 is 0 Å². The molecule has 3 atom stereocenters. The summed E-state index contributed by atoms with van der Waals surface area (Å²) in [6.07, 6.45) is 6.92. The highest BCUT2D eigenvalue weighted by Crippen LogP contribution is 2.39. The molecule has 6 heteroatoms. The lowest BCUT2D eigenvalue weighted by molar-refractivity contribution is -0.121. The molecule has 0 spiro atoms. The molecule has 3 rings (SSSR count). The summed E-state index contributed by atoms with van der Waals surface area (Å²) in [7, 11) is 0. The lowest BCUT2D eigenvalue weighted by Gasteiger charge is -2.30. The summed E-state index contributed by atoms with van der Waals surface area (Å²) in [4.78, 5) is 21.7. The van der Waals surface area contributed by atoms with E-state index in [1.807, 2.05) is 13.8 Å². The number of nitriles is 1. The van der Waals surface area contributed by atoms with E-state index >= 15 is 0 Å². The molecular formula is C19H26N4OS. The van der Waals surface area contributed by atoms with Crippen LogP contribution in [0.4, 0.5) is 0 Å². The maximum Gasteiger partial charge on any atom is 0.233 e. The summed E-state index contributed by atoms with van der Waals surface area (Å²) < 4.78 is 0. The van der Waals surface area contributed by atoms with E-state index in [1.54, 1.807) is 0 Å². The Morgan fingerprint density at radius 2 is 2.00 bits per heavy atom. The van der Waals surface area contributed by atoms with E-state index in [1.165, 1.54) is 31.0 Å². The van der Waals surface area contributed by atoms with Crippen molar-refractivity contribution >= 4 is 17.7 Å². The second-order valence-electron chi connectivity index (χ2n) is 7.37. The fourth-order valence-corrected chi connectivity index (χ4v) is 4.32. The maximum absolute atomic E-state index is 12.6. The minimum absolute atomic E-state index is 0.0388. The van der Waals surface area contributed by atoms with Crippen molar-refractivity contribution in [3.63, 3.8) is 0 Å². The minimum Gasteiger partial charge on any atom is -0.352 e. The predicted octanol–water partition coefficient (Wildman–Crippen LogP) is 3.71. The van der Waals surface area contributed by atoms with E-state index in [2.05, 4.69) is 28.3 Å². The molecule has 0 unspecified atom stereocenters. The first-order chi connectivity index (χ1) is 12.0. The van der Waals surface area contributed by atoms with Crippen LogP contribution in [0.1, 0.15) is 75.4 Å². The zero-order valence-electron chi connectivity index (χ0n) is 15.2. The van der Waals surface area contributed by atoms with Crippen molar-refractivity contribution in [1.29, 1.82) is 5.26 Å². The highest BCUT2D eigenvalue weighted by molar-refractivity contribution is 8.00. The number of carbonyl (C=O) groups excluding carboxylic acids is 1. The first kappa shape index (κ1) is 18.2. The van der Waals surface area contributed by atoms with E-state index in [0.29, 0.717) is 22.4 Å². The first-order valence-corrected chi connectivity index (χ1v) is 10.1. The van der Waals surface area contributed by atoms with Gasteiger partial charge in [0, 0.05) is 12.0 Å². The van der Waals surface area contributed by atoms with Crippen LogP contribution >= 0.6 is 11.8 Å². The van der Waals surface area contributed by atoms with Crippen molar-refractivity contribution in [3.05, 3.63) is 17.1 Å². The molecule has 2 aliphatic rings. The van der Waals surface area contributed by atoms with Crippen LogP contribution in [0.25, 0.3) is 0 Å². The van der Waals surface area contributed by atoms with Crippen LogP contribution in [0.2, 0.25) is 0 Å². The summed E-state index contributed by atoms with van der Waals surface area (Å²) in [6, 6.07) is 2.48. The number of hydrogen-bond donors (Lipinski definition) is 1. The lowest BCUT2D eigenvalue weighted by atomic mass is 9.86. The Morgan fingerprint density at radius 1 is 1.28 bits per heavy atom. The highest BCUT2D eigenvalue weighted by atomic mass is 32.2. The third-order valence-corrected chi connectivity index (χ3v) is 6.31. The Labute approximate surface area is 154 Å². The first-order valence-electron chi connectivity index (χ1n) is 9.25. The number of rotatable bonds is 5. The fraction of sp³-hybridized carbons (Fsp3) is 0.684. The summed E-state index contributed by atoms with van der Waals surface area (Å²) >= 11 is 1.38. The number of aromatic nitrogens is 2. The van der Waals surface area contributed by atoms with Crippen molar-refractivity contribution in [3.8, 4) is 6.07 Å². The van der Waals surface area contributed by atoms with Gasteiger partial charge >= 0.3 is 0 Å². The predicted molar refractivity (Wildman–Crippen MR) is 98.3 cm³/mol. The molecule has 2 aliphatic carbocycles. The van der Waals surface area contributed by atoms with Crippen molar-refractivity contribution in [2.24, 2.45) is 5.92 Å². The summed E-state index contributed by atoms with van der Waals surface area (Å²) in [5.74, 6) is 1.83. The van der Waals surface area contributed by atoms with Gasteiger partial charge in [-0.15, -0.1) is 0 Å². The zero-order valence-corrected chi connectivity index (χ0v) is 16.0. The molecule has 5 nitrogen and oxygen atoms in total. The smallest absolute Gasteiger partial charge is 0.233 e. The van der Waals surface area contributed by atoms with E-state index in [9.17, 15) is 10.1 Å². The van der Waals surface area contributed by atoms with Gasteiger partial charge in [-0.1, -0.05) is 31.5 Å². The fourth-order valence-electron chi connectivity index (χ4n) is 3.36. The molecule has 1 heterocycles. The molecule has 1 N–H and O–H groups in total. The molecule has 2 fully saturated rings. The number of nitrogens with one attached hydrogen (secondary N) is 1. The Hall–Kier alpha value is -1.61. The summed E-state index contributed by atoms with van der Waals surface area (Å²) in [5.41, 5.74) is 1.22. The molecule has 2 saturated carbocycles. The largest absolute Gasteiger partial charge is 0.352 e. The number of thioether (sulfide) groups is 1. The molecule has 0 radical (unpaired) electrons. The number of carbonyl (C=O) groups is 1. The van der Waals surface area contributed by atoms with Crippen molar-refractivity contribution in [2.75, 3.05) is 0 Å². The van der Waals surface area contributed by atoms with Crippen LogP contribution in [-0.4, -0.2) is 27.2 Å². The molecule has 0 saturated heterocycles. The van der Waals surface area contributed by atoms with Gasteiger partial charge in [0.15, 0.2) is 0 Å². The van der Waals surface area contributed by atoms with Gasteiger partial charge in [0.05, 0.1) is 10.9 Å². The van der Waals surface area contributed by atoms with E-state index in [4.69, 9.17) is 0 Å². The van der Waals surface area contributed by atoms with Gasteiger partial charge in [0.25, 0.3) is 0 Å². The number of hydrogen-bond acceptors (Lipinski definition) is 5. The van der Waals surface area contributed by atoms with Gasteiger partial charge in [-0.3, -0.25) is 4.79 Å². The molecule has 1 amide bonds. The second-order valence-corrected chi connectivity index (χ2v) is 8.70. The Balaban J connectivity index is 1.70. The lowest BCUT2D eigenvalue weighted by Crippen LogP contribution is -2.44. The molecular weight excluding hydrogens is 332 g/mol. The van der Waals surface area contributed by atoms with Crippen LogP contribution in [-0.2, 0) is 4.79 Å². The Bertz CT molecular complexity index is 695. The van der Waals surface area contributed by atoms with E-state index in [-0.39, 0.29) is 17.2 Å². The minimum atomic E-state index is -0.275. The van der Waals surface area contributed by atoms with Gasteiger partial charge in [0.2, 0.25) is 5.91 Å². The molecule has 134 valence electrons. The van der Waals surface area contributed by atoms with Crippen molar-refractivity contribution in [1.82, 2.24) is 15.3 Å². The van der Waals surface area contributed by atoms with Gasteiger partial charge in [-0.05, 0) is 45.4 Å². The Kier molecular flexibility index (Phi) is 5.63. The molecule has 0 aliphatic heterocycles. The molecule has 1 aromatic rings. The average molecular weight is 359 g/mol. The summed E-state index contributed by atoms with van der Waals surface area (Å²) in [6.45, 7) is 5.96. The Morgan fingerprint density at radius 3 is 2.64 bits per heavy atom. The maximum atomic E-state index is 12.6. The van der Waals surface area contributed by atoms with Gasteiger partial charge in [-0.25, -0.2) is 9.97 Å². The standard InChI is InChI=1S/C19H26N4OS/c1-11-6-4-5-7-16(11)22-18(24)13(3)25-19-15(10-20)12(2)21-17(23-19)14-8-9-14/h11,13-14,16H,4-9H2,1-3H3,(H,22,24)/t11-,13-,16-/m1/s1. The topological polar surface area (TPSA) is 78.7 Å². The SMILES string of the molecule is Cc1nc(C2CC2)nc(S[C@H](C)C(=O)N[C@@H]2CCCC[C@H]2C)c1C#N. The van der Waals surface area contributed by atoms with Crippen LogP contribution in [0.3, 0.4) is 0 Å².